The van der Waals surface area contributed by atoms with Crippen LogP contribution in [0, 0.1) is 0 Å². The Morgan fingerprint density at radius 2 is 2.12 bits per heavy atom. The molecule has 1 atom stereocenters. The first-order valence-corrected chi connectivity index (χ1v) is 10.2. The third kappa shape index (κ3) is 3.72. The van der Waals surface area contributed by atoms with E-state index in [1.165, 1.54) is 17.7 Å². The van der Waals surface area contributed by atoms with E-state index in [0.717, 1.165) is 43.2 Å². The normalized spacial score (nSPS) is 22.0. The number of furan rings is 1. The molecule has 0 saturated carbocycles. The van der Waals surface area contributed by atoms with Crippen LogP contribution in [-0.2, 0) is 11.3 Å². The van der Waals surface area contributed by atoms with Crippen molar-refractivity contribution in [3.63, 3.8) is 0 Å². The topological polar surface area (TPSA) is 45.9 Å². The molecule has 0 bridgehead atoms. The Hall–Kier alpha value is -1.63. The van der Waals surface area contributed by atoms with Gasteiger partial charge in [-0.3, -0.25) is 9.69 Å². The Morgan fingerprint density at radius 1 is 1.27 bits per heavy atom. The van der Waals surface area contributed by atoms with Crippen LogP contribution in [0.15, 0.2) is 34.9 Å². The van der Waals surface area contributed by atoms with Crippen molar-refractivity contribution < 1.29 is 13.9 Å². The first-order chi connectivity index (χ1) is 12.7. The van der Waals surface area contributed by atoms with Gasteiger partial charge in [0.1, 0.15) is 5.76 Å². The van der Waals surface area contributed by atoms with Crippen molar-refractivity contribution in [3.05, 3.63) is 46.0 Å². The number of ether oxygens (including phenoxy) is 1. The summed E-state index contributed by atoms with van der Waals surface area (Å²) in [5.74, 6) is 0.868. The highest BCUT2D eigenvalue weighted by Gasteiger charge is 2.33. The van der Waals surface area contributed by atoms with E-state index in [9.17, 15) is 4.79 Å². The minimum atomic E-state index is 0.0632. The molecule has 0 aromatic carbocycles. The highest BCUT2D eigenvalue weighted by atomic mass is 32.1. The maximum absolute atomic E-state index is 12.7. The second kappa shape index (κ2) is 7.94. The van der Waals surface area contributed by atoms with Crippen LogP contribution >= 0.6 is 11.3 Å². The van der Waals surface area contributed by atoms with Gasteiger partial charge in [-0.05, 0) is 56.5 Å². The third-order valence-corrected chi connectivity index (χ3v) is 6.61. The number of amides is 1. The van der Waals surface area contributed by atoms with Crippen LogP contribution < -0.4 is 0 Å². The molecule has 4 heterocycles. The molecule has 1 amide bonds. The van der Waals surface area contributed by atoms with Gasteiger partial charge in [0.05, 0.1) is 17.7 Å². The zero-order chi connectivity index (χ0) is 17.9. The summed E-state index contributed by atoms with van der Waals surface area (Å²) in [4.78, 5) is 19.3. The van der Waals surface area contributed by atoms with E-state index in [0.29, 0.717) is 18.6 Å². The fourth-order valence-electron chi connectivity index (χ4n) is 4.09. The van der Waals surface area contributed by atoms with Crippen molar-refractivity contribution in [2.24, 2.45) is 0 Å². The van der Waals surface area contributed by atoms with Crippen molar-refractivity contribution in [3.8, 4) is 0 Å². The molecule has 2 aliphatic heterocycles. The number of carbonyl (C=O) groups is 1. The first kappa shape index (κ1) is 17.8. The van der Waals surface area contributed by atoms with Crippen LogP contribution in [0.1, 0.15) is 52.0 Å². The van der Waals surface area contributed by atoms with E-state index >= 15 is 0 Å². The van der Waals surface area contributed by atoms with Crippen LogP contribution in [-0.4, -0.2) is 48.6 Å². The highest BCUT2D eigenvalue weighted by Crippen LogP contribution is 2.39. The maximum atomic E-state index is 12.7. The van der Waals surface area contributed by atoms with Crippen LogP contribution in [0.25, 0.3) is 0 Å². The molecule has 2 aromatic heterocycles. The van der Waals surface area contributed by atoms with Gasteiger partial charge in [-0.1, -0.05) is 0 Å². The molecule has 140 valence electrons. The number of carbonyl (C=O) groups excluding carboxylic acids is 1. The van der Waals surface area contributed by atoms with Crippen molar-refractivity contribution in [2.75, 3.05) is 26.8 Å². The lowest BCUT2D eigenvalue weighted by Crippen LogP contribution is -2.38. The lowest BCUT2D eigenvalue weighted by Gasteiger charge is -2.35. The minimum absolute atomic E-state index is 0.0632. The van der Waals surface area contributed by atoms with E-state index in [-0.39, 0.29) is 5.91 Å². The van der Waals surface area contributed by atoms with Crippen LogP contribution in [0.3, 0.4) is 0 Å². The summed E-state index contributed by atoms with van der Waals surface area (Å²) < 4.78 is 10.9. The fourth-order valence-corrected chi connectivity index (χ4v) is 5.25. The van der Waals surface area contributed by atoms with Gasteiger partial charge in [-0.25, -0.2) is 0 Å². The van der Waals surface area contributed by atoms with Crippen molar-refractivity contribution >= 4 is 17.2 Å². The Kier molecular flexibility index (Phi) is 5.43. The van der Waals surface area contributed by atoms with Gasteiger partial charge in [-0.15, -0.1) is 11.3 Å². The monoisotopic (exact) mass is 374 g/mol. The Labute approximate surface area is 158 Å². The summed E-state index contributed by atoms with van der Waals surface area (Å²) >= 11 is 1.65. The van der Waals surface area contributed by atoms with Crippen molar-refractivity contribution in [1.29, 1.82) is 0 Å². The molecular formula is C20H26N2O3S. The number of thiophene rings is 1. The van der Waals surface area contributed by atoms with E-state index in [1.807, 2.05) is 25.2 Å². The van der Waals surface area contributed by atoms with Gasteiger partial charge >= 0.3 is 0 Å². The summed E-state index contributed by atoms with van der Waals surface area (Å²) in [7, 11) is 1.83. The van der Waals surface area contributed by atoms with Crippen LogP contribution in [0.2, 0.25) is 0 Å². The Morgan fingerprint density at radius 3 is 2.88 bits per heavy atom. The molecule has 2 aliphatic rings. The van der Waals surface area contributed by atoms with E-state index in [2.05, 4.69) is 11.0 Å². The average Bonchev–Trinajstić information content (AvgIpc) is 3.42. The summed E-state index contributed by atoms with van der Waals surface area (Å²) in [5, 5.41) is 0. The molecule has 0 spiro atoms. The molecule has 5 nitrogen and oxygen atoms in total. The average molecular weight is 375 g/mol. The molecule has 0 aliphatic carbocycles. The van der Waals surface area contributed by atoms with E-state index in [4.69, 9.17) is 9.15 Å². The summed E-state index contributed by atoms with van der Waals surface area (Å²) in [5.41, 5.74) is 0. The smallest absolute Gasteiger partial charge is 0.264 e. The lowest BCUT2D eigenvalue weighted by atomic mass is 10.1. The molecule has 0 radical (unpaired) electrons. The quantitative estimate of drug-likeness (QED) is 0.796. The summed E-state index contributed by atoms with van der Waals surface area (Å²) in [6.07, 6.45) is 6.32. The molecule has 0 N–H and O–H groups in total. The van der Waals surface area contributed by atoms with Gasteiger partial charge in [0, 0.05) is 37.2 Å². The first-order valence-electron chi connectivity index (χ1n) is 9.43. The van der Waals surface area contributed by atoms with Gasteiger partial charge in [-0.2, -0.15) is 0 Å². The molecule has 0 unspecified atom stereocenters. The molecule has 2 saturated heterocycles. The van der Waals surface area contributed by atoms with Crippen LogP contribution in [0.4, 0.5) is 0 Å². The largest absolute Gasteiger partial charge is 0.467 e. The Balaban J connectivity index is 1.44. The number of nitrogens with zero attached hydrogens (tertiary/aromatic N) is 2. The molecule has 6 heteroatoms. The van der Waals surface area contributed by atoms with Gasteiger partial charge in [0.25, 0.3) is 5.91 Å². The second-order valence-electron chi connectivity index (χ2n) is 7.18. The fraction of sp³-hybridized carbons (Fsp3) is 0.550. The maximum Gasteiger partial charge on any atom is 0.264 e. The molecular weight excluding hydrogens is 348 g/mol. The molecule has 2 fully saturated rings. The zero-order valence-corrected chi connectivity index (χ0v) is 16.0. The molecule has 2 aromatic rings. The number of hydrogen-bond donors (Lipinski definition) is 0. The van der Waals surface area contributed by atoms with Gasteiger partial charge < -0.3 is 14.1 Å². The summed E-state index contributed by atoms with van der Waals surface area (Å²) in [6, 6.07) is 8.97. The third-order valence-electron chi connectivity index (χ3n) is 5.44. The van der Waals surface area contributed by atoms with Crippen molar-refractivity contribution in [2.45, 2.75) is 44.3 Å². The summed E-state index contributed by atoms with van der Waals surface area (Å²) in [6.45, 7) is 3.41. The second-order valence-corrected chi connectivity index (χ2v) is 8.30. The number of rotatable bonds is 5. The molecule has 26 heavy (non-hydrogen) atoms. The minimum Gasteiger partial charge on any atom is -0.467 e. The zero-order valence-electron chi connectivity index (χ0n) is 15.2. The van der Waals surface area contributed by atoms with E-state index in [1.54, 1.807) is 22.5 Å². The molecule has 4 rings (SSSR count). The highest BCUT2D eigenvalue weighted by molar-refractivity contribution is 7.14. The van der Waals surface area contributed by atoms with Crippen LogP contribution in [0.5, 0.6) is 0 Å². The number of hydrogen-bond acceptors (Lipinski definition) is 5. The standard InChI is InChI=1S/C20H26N2O3S/c1-21(14-16-4-3-11-25-16)20(23)19-7-6-18(26-19)17-5-2-10-22(17)15-8-12-24-13-9-15/h3-4,6-7,11,15,17H,2,5,8-10,12-14H2,1H3/t17-/m1/s1. The van der Waals surface area contributed by atoms with Gasteiger partial charge in [0.15, 0.2) is 0 Å². The lowest BCUT2D eigenvalue weighted by molar-refractivity contribution is 0.0295. The predicted octanol–water partition coefficient (Wildman–Crippen LogP) is 3.93. The SMILES string of the molecule is CN(Cc1ccco1)C(=O)c1ccc([C@H]2CCCN2C2CCOCC2)s1. The van der Waals surface area contributed by atoms with Gasteiger partial charge in [0.2, 0.25) is 0 Å². The number of likely N-dealkylation sites (tertiary alicyclic amines) is 1. The van der Waals surface area contributed by atoms with E-state index < -0.39 is 0 Å². The Bertz CT molecular complexity index is 721. The predicted molar refractivity (Wildman–Crippen MR) is 101 cm³/mol. The van der Waals surface area contributed by atoms with Crippen molar-refractivity contribution in [1.82, 2.24) is 9.80 Å².